The highest BCUT2D eigenvalue weighted by atomic mass is 16.6. The molecule has 0 radical (unpaired) electrons. The molecule has 24 heavy (non-hydrogen) atoms. The number of amides is 1. The number of carbonyl (C=O) groups excluding carboxylic acids is 2. The molecule has 1 N–H and O–H groups in total. The number of aryl methyl sites for hydroxylation is 2. The van der Waals surface area contributed by atoms with E-state index in [1.807, 2.05) is 32.0 Å². The molecule has 0 unspecified atom stereocenters. The van der Waals surface area contributed by atoms with Crippen molar-refractivity contribution >= 4 is 23.6 Å². The van der Waals surface area contributed by atoms with Crippen LogP contribution in [0.1, 0.15) is 21.5 Å². The number of aldehydes is 1. The van der Waals surface area contributed by atoms with Crippen LogP contribution in [0.25, 0.3) is 0 Å². The number of nitro benzene ring substituents is 1. The molecule has 0 aliphatic carbocycles. The first kappa shape index (κ1) is 17.1. The summed E-state index contributed by atoms with van der Waals surface area (Å²) in [5.74, 6) is -0.497. The molecule has 0 bridgehead atoms. The van der Waals surface area contributed by atoms with Gasteiger partial charge in [0.25, 0.3) is 5.91 Å². The van der Waals surface area contributed by atoms with Gasteiger partial charge in [0.2, 0.25) is 0 Å². The Labute approximate surface area is 138 Å². The fourth-order valence-corrected chi connectivity index (χ4v) is 2.20. The Kier molecular flexibility index (Phi) is 5.26. The molecule has 7 heteroatoms. The van der Waals surface area contributed by atoms with Crippen molar-refractivity contribution < 1.29 is 19.2 Å². The predicted octanol–water partition coefficient (Wildman–Crippen LogP) is 3.04. The lowest BCUT2D eigenvalue weighted by Gasteiger charge is -2.12. The van der Waals surface area contributed by atoms with E-state index in [0.717, 1.165) is 17.2 Å². The summed E-state index contributed by atoms with van der Waals surface area (Å²) >= 11 is 0. The third kappa shape index (κ3) is 3.95. The number of anilines is 1. The summed E-state index contributed by atoms with van der Waals surface area (Å²) in [6, 6.07) is 9.41. The van der Waals surface area contributed by atoms with Gasteiger partial charge in [0.05, 0.1) is 4.92 Å². The monoisotopic (exact) mass is 328 g/mol. The molecular weight excluding hydrogens is 312 g/mol. The van der Waals surface area contributed by atoms with Crippen molar-refractivity contribution in [3.8, 4) is 5.75 Å². The molecule has 0 saturated heterocycles. The summed E-state index contributed by atoms with van der Waals surface area (Å²) in [6.45, 7) is 3.36. The molecule has 0 spiro atoms. The van der Waals surface area contributed by atoms with Gasteiger partial charge in [-0.2, -0.15) is 0 Å². The summed E-state index contributed by atoms with van der Waals surface area (Å²) in [4.78, 5) is 33.1. The second-order valence-corrected chi connectivity index (χ2v) is 5.21. The van der Waals surface area contributed by atoms with Crippen molar-refractivity contribution in [1.29, 1.82) is 0 Å². The third-order valence-corrected chi connectivity index (χ3v) is 3.42. The number of nitrogens with zero attached hydrogens (tertiary/aromatic N) is 1. The molecule has 2 aromatic carbocycles. The minimum atomic E-state index is -0.661. The van der Waals surface area contributed by atoms with E-state index in [1.54, 1.807) is 0 Å². The van der Waals surface area contributed by atoms with Gasteiger partial charge in [0.1, 0.15) is 6.29 Å². The lowest BCUT2D eigenvalue weighted by Crippen LogP contribution is -2.21. The number of nitrogens with one attached hydrogen (secondary N) is 1. The Morgan fingerprint density at radius 3 is 2.50 bits per heavy atom. The van der Waals surface area contributed by atoms with Gasteiger partial charge in [-0.3, -0.25) is 19.7 Å². The molecule has 2 rings (SSSR count). The minimum Gasteiger partial charge on any atom is -0.477 e. The smallest absolute Gasteiger partial charge is 0.311 e. The van der Waals surface area contributed by atoms with E-state index in [1.165, 1.54) is 12.1 Å². The Bertz CT molecular complexity index is 781. The van der Waals surface area contributed by atoms with Crippen molar-refractivity contribution in [2.75, 3.05) is 11.9 Å². The maximum Gasteiger partial charge on any atom is 0.311 e. The second-order valence-electron chi connectivity index (χ2n) is 5.21. The third-order valence-electron chi connectivity index (χ3n) is 3.42. The zero-order valence-electron chi connectivity index (χ0n) is 13.2. The number of rotatable bonds is 6. The van der Waals surface area contributed by atoms with Gasteiger partial charge in [-0.05, 0) is 37.1 Å². The molecule has 0 saturated carbocycles. The average Bonchev–Trinajstić information content (AvgIpc) is 2.56. The zero-order valence-corrected chi connectivity index (χ0v) is 13.2. The second kappa shape index (κ2) is 7.36. The van der Waals surface area contributed by atoms with E-state index in [2.05, 4.69) is 5.32 Å². The van der Waals surface area contributed by atoms with Gasteiger partial charge in [0.15, 0.2) is 12.4 Å². The lowest BCUT2D eigenvalue weighted by atomic mass is 10.1. The number of nitro groups is 1. The van der Waals surface area contributed by atoms with E-state index in [9.17, 15) is 19.7 Å². The Hall–Kier alpha value is -3.22. The van der Waals surface area contributed by atoms with Gasteiger partial charge >= 0.3 is 5.69 Å². The first-order valence-electron chi connectivity index (χ1n) is 7.15. The van der Waals surface area contributed by atoms with Crippen molar-refractivity contribution in [3.05, 3.63) is 63.2 Å². The van der Waals surface area contributed by atoms with E-state index >= 15 is 0 Å². The fraction of sp³-hybridized carbons (Fsp3) is 0.176. The number of carbonyl (C=O) groups is 2. The summed E-state index contributed by atoms with van der Waals surface area (Å²) in [5, 5.41) is 13.8. The molecular formula is C17H16N2O5. The minimum absolute atomic E-state index is 0.0674. The topological polar surface area (TPSA) is 98.5 Å². The maximum atomic E-state index is 12.0. The van der Waals surface area contributed by atoms with Crippen LogP contribution in [0, 0.1) is 24.0 Å². The largest absolute Gasteiger partial charge is 0.477 e. The first-order valence-corrected chi connectivity index (χ1v) is 7.15. The Morgan fingerprint density at radius 1 is 1.25 bits per heavy atom. The van der Waals surface area contributed by atoms with Crippen LogP contribution in [0.2, 0.25) is 0 Å². The molecule has 1 amide bonds. The van der Waals surface area contributed by atoms with Crippen molar-refractivity contribution in [1.82, 2.24) is 0 Å². The van der Waals surface area contributed by atoms with E-state index in [4.69, 9.17) is 4.74 Å². The molecule has 0 heterocycles. The van der Waals surface area contributed by atoms with Crippen molar-refractivity contribution in [2.45, 2.75) is 13.8 Å². The van der Waals surface area contributed by atoms with Gasteiger partial charge < -0.3 is 10.1 Å². The first-order chi connectivity index (χ1) is 11.4. The van der Waals surface area contributed by atoms with Crippen LogP contribution >= 0.6 is 0 Å². The molecule has 0 aromatic heterocycles. The highest BCUT2D eigenvalue weighted by Gasteiger charge is 2.17. The fourth-order valence-electron chi connectivity index (χ4n) is 2.20. The Morgan fingerprint density at radius 2 is 1.92 bits per heavy atom. The molecule has 0 aliphatic heterocycles. The molecule has 0 fully saturated rings. The molecule has 0 aliphatic rings. The molecule has 124 valence electrons. The molecule has 2 aromatic rings. The quantitative estimate of drug-likeness (QED) is 0.499. The number of benzene rings is 2. The average molecular weight is 328 g/mol. The van der Waals surface area contributed by atoms with Crippen LogP contribution in [-0.2, 0) is 4.79 Å². The van der Waals surface area contributed by atoms with Crippen molar-refractivity contribution in [2.24, 2.45) is 0 Å². The van der Waals surface area contributed by atoms with Crippen LogP contribution in [0.15, 0.2) is 36.4 Å². The number of hydrogen-bond donors (Lipinski definition) is 1. The van der Waals surface area contributed by atoms with Crippen molar-refractivity contribution in [3.63, 3.8) is 0 Å². The SMILES string of the molecule is Cc1cccc(C)c1NC(=O)COc1ccc(C=O)cc1[N+](=O)[O-]. The molecule has 0 atom stereocenters. The lowest BCUT2D eigenvalue weighted by molar-refractivity contribution is -0.385. The normalized spacial score (nSPS) is 10.1. The maximum absolute atomic E-state index is 12.0. The van der Waals surface area contributed by atoms with Crippen LogP contribution in [0.3, 0.4) is 0 Å². The summed E-state index contributed by atoms with van der Waals surface area (Å²) in [6.07, 6.45) is 0.504. The summed E-state index contributed by atoms with van der Waals surface area (Å²) in [7, 11) is 0. The predicted molar refractivity (Wildman–Crippen MR) is 88.5 cm³/mol. The Balaban J connectivity index is 2.09. The number of para-hydroxylation sites is 1. The highest BCUT2D eigenvalue weighted by molar-refractivity contribution is 5.93. The van der Waals surface area contributed by atoms with Crippen LogP contribution in [-0.4, -0.2) is 23.7 Å². The standard InChI is InChI=1S/C17H16N2O5/c1-11-4-3-5-12(2)17(11)18-16(21)10-24-15-7-6-13(9-20)8-14(15)19(22)23/h3-9H,10H2,1-2H3,(H,18,21). The van der Waals surface area contributed by atoms with Gasteiger partial charge in [-0.15, -0.1) is 0 Å². The number of ether oxygens (including phenoxy) is 1. The summed E-state index contributed by atoms with van der Waals surface area (Å²) < 4.78 is 5.24. The van der Waals surface area contributed by atoms with Gasteiger partial charge in [-0.1, -0.05) is 18.2 Å². The van der Waals surface area contributed by atoms with E-state index < -0.39 is 10.8 Å². The van der Waals surface area contributed by atoms with Gasteiger partial charge in [-0.25, -0.2) is 0 Å². The highest BCUT2D eigenvalue weighted by Crippen LogP contribution is 2.27. The van der Waals surface area contributed by atoms with E-state index in [0.29, 0.717) is 12.0 Å². The molecule has 7 nitrogen and oxygen atoms in total. The van der Waals surface area contributed by atoms with Gasteiger partial charge in [0, 0.05) is 17.3 Å². The summed E-state index contributed by atoms with van der Waals surface area (Å²) in [5.41, 5.74) is 2.31. The van der Waals surface area contributed by atoms with Crippen LogP contribution < -0.4 is 10.1 Å². The van der Waals surface area contributed by atoms with E-state index in [-0.39, 0.29) is 23.6 Å². The van der Waals surface area contributed by atoms with Crippen LogP contribution in [0.4, 0.5) is 11.4 Å². The van der Waals surface area contributed by atoms with Crippen LogP contribution in [0.5, 0.6) is 5.75 Å². The number of hydrogen-bond acceptors (Lipinski definition) is 5. The zero-order chi connectivity index (χ0) is 17.7.